The Bertz CT molecular complexity index is 2200. The number of pyridine rings is 1. The van der Waals surface area contributed by atoms with Crippen molar-refractivity contribution >= 4 is 34.5 Å². The van der Waals surface area contributed by atoms with Crippen LogP contribution in [0.15, 0.2) is 57.9 Å². The summed E-state index contributed by atoms with van der Waals surface area (Å²) in [5.41, 5.74) is 5.00. The van der Waals surface area contributed by atoms with Gasteiger partial charge in [-0.25, -0.2) is 4.79 Å². The quantitative estimate of drug-likeness (QED) is 0.142. The van der Waals surface area contributed by atoms with E-state index < -0.39 is 42.5 Å². The highest BCUT2D eigenvalue weighted by Gasteiger charge is 2.43. The van der Waals surface area contributed by atoms with E-state index in [1.165, 1.54) is 4.90 Å². The highest BCUT2D eigenvalue weighted by atomic mass is 19.4. The van der Waals surface area contributed by atoms with Crippen LogP contribution < -0.4 is 21.1 Å². The van der Waals surface area contributed by atoms with Gasteiger partial charge in [0.25, 0.3) is 5.91 Å². The van der Waals surface area contributed by atoms with Gasteiger partial charge in [-0.15, -0.1) is 0 Å². The maximum atomic E-state index is 13.8. The molecule has 0 spiro atoms. The van der Waals surface area contributed by atoms with Gasteiger partial charge in [-0.1, -0.05) is 12.1 Å². The molecule has 0 bridgehead atoms. The number of alkyl halides is 3. The summed E-state index contributed by atoms with van der Waals surface area (Å²) in [7, 11) is 0. The average Bonchev–Trinajstić information content (AvgIpc) is 3.73. The number of nitrogens with one attached hydrogen (secondary N) is 3. The molecular formula is C40H45F3N8O6. The number of oxazole rings is 1. The number of amides is 3. The van der Waals surface area contributed by atoms with Crippen LogP contribution in [0.2, 0.25) is 0 Å². The summed E-state index contributed by atoms with van der Waals surface area (Å²) < 4.78 is 52.7. The molecule has 57 heavy (non-hydrogen) atoms. The normalized spacial score (nSPS) is 22.1. The topological polar surface area (TPSA) is 156 Å². The number of H-pyrrole nitrogens is 1. The number of imide groups is 1. The Hall–Kier alpha value is -5.26. The zero-order valence-corrected chi connectivity index (χ0v) is 31.6. The number of hydrogen-bond donors (Lipinski definition) is 3. The minimum Gasteiger partial charge on any atom is -0.492 e. The van der Waals surface area contributed by atoms with Crippen LogP contribution in [0.25, 0.3) is 11.1 Å². The van der Waals surface area contributed by atoms with Crippen molar-refractivity contribution in [1.82, 2.24) is 34.9 Å². The summed E-state index contributed by atoms with van der Waals surface area (Å²) >= 11 is 0. The maximum absolute atomic E-state index is 13.8. The number of rotatable bonds is 12. The molecule has 2 aromatic heterocycles. The van der Waals surface area contributed by atoms with Crippen molar-refractivity contribution in [2.45, 2.75) is 63.5 Å². The molecule has 302 valence electrons. The van der Waals surface area contributed by atoms with Crippen molar-refractivity contribution in [2.75, 3.05) is 64.3 Å². The molecular weight excluding hydrogens is 745 g/mol. The van der Waals surface area contributed by atoms with Crippen molar-refractivity contribution < 1.29 is 36.7 Å². The number of ether oxygens (including phenoxy) is 1. The van der Waals surface area contributed by atoms with Crippen molar-refractivity contribution in [3.8, 4) is 5.75 Å². The van der Waals surface area contributed by atoms with E-state index in [0.717, 1.165) is 56.9 Å². The molecule has 2 saturated heterocycles. The summed E-state index contributed by atoms with van der Waals surface area (Å²) in [6.45, 7) is 7.48. The SMILES string of the molecule is C[C@@H]1Cc2c(ccc3[nH]c(=O)oc23)[C@@H](c2ccc(OCCCN3CCN(CCNc4cccc5c4CN(C4CCC(=O)NC4=O)C5=O)CC3)cn2)N1CC(F)(F)F. The first-order valence-electron chi connectivity index (χ1n) is 19.4. The van der Waals surface area contributed by atoms with E-state index in [0.29, 0.717) is 71.8 Å². The van der Waals surface area contributed by atoms with E-state index in [4.69, 9.17) is 9.15 Å². The van der Waals surface area contributed by atoms with Gasteiger partial charge < -0.3 is 24.3 Å². The third-order valence-electron chi connectivity index (χ3n) is 11.5. The molecule has 3 atom stereocenters. The monoisotopic (exact) mass is 790 g/mol. The second-order valence-electron chi connectivity index (χ2n) is 15.2. The Kier molecular flexibility index (Phi) is 10.8. The molecule has 6 heterocycles. The minimum absolute atomic E-state index is 0.188. The van der Waals surface area contributed by atoms with Crippen LogP contribution in [0.4, 0.5) is 18.9 Å². The lowest BCUT2D eigenvalue weighted by Gasteiger charge is -2.41. The molecule has 17 heteroatoms. The van der Waals surface area contributed by atoms with Crippen LogP contribution in [0.3, 0.4) is 0 Å². The second-order valence-corrected chi connectivity index (χ2v) is 15.2. The number of hydrogen-bond acceptors (Lipinski definition) is 11. The van der Waals surface area contributed by atoms with Gasteiger partial charge in [0.05, 0.1) is 36.6 Å². The van der Waals surface area contributed by atoms with Crippen molar-refractivity contribution in [2.24, 2.45) is 0 Å². The summed E-state index contributed by atoms with van der Waals surface area (Å²) in [6.07, 6.45) is -1.23. The number of piperidine rings is 1. The number of anilines is 1. The Labute approximate surface area is 326 Å². The zero-order chi connectivity index (χ0) is 39.8. The Morgan fingerprint density at radius 2 is 1.77 bits per heavy atom. The first-order valence-corrected chi connectivity index (χ1v) is 19.4. The van der Waals surface area contributed by atoms with Crippen molar-refractivity contribution in [3.05, 3.63) is 87.2 Å². The Morgan fingerprint density at radius 3 is 2.51 bits per heavy atom. The number of piperazine rings is 1. The number of nitrogens with zero attached hydrogens (tertiary/aromatic N) is 5. The molecule has 4 aromatic rings. The minimum atomic E-state index is -4.42. The van der Waals surface area contributed by atoms with E-state index in [9.17, 15) is 32.3 Å². The van der Waals surface area contributed by atoms with Crippen LogP contribution in [0.1, 0.15) is 65.0 Å². The first kappa shape index (κ1) is 38.6. The van der Waals surface area contributed by atoms with Crippen molar-refractivity contribution in [1.29, 1.82) is 0 Å². The van der Waals surface area contributed by atoms with Crippen LogP contribution in [0.5, 0.6) is 5.75 Å². The highest BCUT2D eigenvalue weighted by Crippen LogP contribution is 2.41. The molecule has 4 aliphatic heterocycles. The fourth-order valence-corrected chi connectivity index (χ4v) is 8.64. The van der Waals surface area contributed by atoms with Crippen LogP contribution in [0, 0.1) is 0 Å². The lowest BCUT2D eigenvalue weighted by molar-refractivity contribution is -0.155. The summed E-state index contributed by atoms with van der Waals surface area (Å²) in [6, 6.07) is 10.5. The number of halogens is 3. The highest BCUT2D eigenvalue weighted by molar-refractivity contribution is 6.06. The van der Waals surface area contributed by atoms with E-state index in [1.807, 2.05) is 12.1 Å². The van der Waals surface area contributed by atoms with E-state index in [1.54, 1.807) is 48.4 Å². The second kappa shape index (κ2) is 15.9. The molecule has 2 fully saturated rings. The fourth-order valence-electron chi connectivity index (χ4n) is 8.64. The number of fused-ring (bicyclic) bond motifs is 4. The number of aromatic nitrogens is 2. The molecule has 4 aliphatic rings. The smallest absolute Gasteiger partial charge is 0.417 e. The molecule has 8 rings (SSSR count). The number of aromatic amines is 1. The van der Waals surface area contributed by atoms with Gasteiger partial charge in [-0.3, -0.25) is 39.5 Å². The Morgan fingerprint density at radius 1 is 0.982 bits per heavy atom. The molecule has 14 nitrogen and oxygen atoms in total. The summed E-state index contributed by atoms with van der Waals surface area (Å²) in [4.78, 5) is 64.1. The van der Waals surface area contributed by atoms with Crippen LogP contribution in [-0.4, -0.2) is 125 Å². The summed E-state index contributed by atoms with van der Waals surface area (Å²) in [5, 5.41) is 5.84. The molecule has 2 aromatic carbocycles. The predicted molar refractivity (Wildman–Crippen MR) is 203 cm³/mol. The lowest BCUT2D eigenvalue weighted by atomic mass is 9.86. The van der Waals surface area contributed by atoms with Gasteiger partial charge >= 0.3 is 11.9 Å². The average molecular weight is 791 g/mol. The predicted octanol–water partition coefficient (Wildman–Crippen LogP) is 3.67. The van der Waals surface area contributed by atoms with Gasteiger partial charge in [0.2, 0.25) is 11.8 Å². The van der Waals surface area contributed by atoms with Gasteiger partial charge in [0.1, 0.15) is 11.8 Å². The van der Waals surface area contributed by atoms with Gasteiger partial charge in [-0.05, 0) is 62.1 Å². The van der Waals surface area contributed by atoms with E-state index >= 15 is 0 Å². The van der Waals surface area contributed by atoms with Crippen LogP contribution >= 0.6 is 0 Å². The Balaban J connectivity index is 0.791. The molecule has 3 amide bonds. The zero-order valence-electron chi connectivity index (χ0n) is 31.6. The van der Waals surface area contributed by atoms with Crippen molar-refractivity contribution in [3.63, 3.8) is 0 Å². The maximum Gasteiger partial charge on any atom is 0.417 e. The number of carbonyl (C=O) groups excluding carboxylic acids is 3. The molecule has 0 aliphatic carbocycles. The molecule has 0 saturated carbocycles. The first-order chi connectivity index (χ1) is 27.4. The molecule has 0 radical (unpaired) electrons. The largest absolute Gasteiger partial charge is 0.492 e. The van der Waals surface area contributed by atoms with Gasteiger partial charge in [0.15, 0.2) is 5.58 Å². The van der Waals surface area contributed by atoms with Crippen LogP contribution in [-0.2, 0) is 22.6 Å². The lowest BCUT2D eigenvalue weighted by Crippen LogP contribution is -2.52. The fraction of sp³-hybridized carbons (Fsp3) is 0.475. The van der Waals surface area contributed by atoms with Gasteiger partial charge in [0, 0.05) is 87.2 Å². The third kappa shape index (κ3) is 8.27. The molecule has 3 N–H and O–H groups in total. The number of benzene rings is 2. The standard InChI is InChI=1S/C40H45F3N8O6/c1-24-20-28-26(7-9-32-36(28)57-39(55)46-32)35(51(24)23-40(41,42)43)31-8-6-25(21-45-31)56-19-3-13-48-15-17-49(18-16-48)14-12-44-30-5-2-4-27-29(30)22-50(38(27)54)33-10-11-34(52)47-37(33)53/h2,4-9,21,24,33,35,44H,3,10-20,22-23H2,1H3,(H,46,55)(H,47,52,53)/t24-,33?,35+/m1/s1. The molecule has 1 unspecified atom stereocenters. The third-order valence-corrected chi connectivity index (χ3v) is 11.5. The van der Waals surface area contributed by atoms with E-state index in [2.05, 4.69) is 30.4 Å². The summed E-state index contributed by atoms with van der Waals surface area (Å²) in [5.74, 6) is -0.989. The van der Waals surface area contributed by atoms with E-state index in [-0.39, 0.29) is 18.2 Å². The van der Waals surface area contributed by atoms with Gasteiger partial charge in [-0.2, -0.15) is 13.2 Å². The number of carbonyl (C=O) groups is 3.